The fraction of sp³-hybridized carbons (Fsp3) is 0.611. The maximum atomic E-state index is 12.8. The highest BCUT2D eigenvalue weighted by Crippen LogP contribution is 2.44. The predicted molar refractivity (Wildman–Crippen MR) is 94.3 cm³/mol. The van der Waals surface area contributed by atoms with Gasteiger partial charge in [-0.2, -0.15) is 0 Å². The summed E-state index contributed by atoms with van der Waals surface area (Å²) in [5.74, 6) is -0.333. The fourth-order valence-electron chi connectivity index (χ4n) is 4.02. The number of esters is 1. The first kappa shape index (κ1) is 17.9. The van der Waals surface area contributed by atoms with E-state index in [9.17, 15) is 14.4 Å². The van der Waals surface area contributed by atoms with Crippen molar-refractivity contribution in [3.8, 4) is 0 Å². The Bertz CT molecular complexity index is 660. The number of rotatable bonds is 3. The normalized spacial score (nSPS) is 26.1. The van der Waals surface area contributed by atoms with Crippen LogP contribution in [0.1, 0.15) is 36.4 Å². The maximum Gasteiger partial charge on any atom is 0.314 e. The zero-order chi connectivity index (χ0) is 18.0. The number of ether oxygens (including phenoxy) is 1. The lowest BCUT2D eigenvalue weighted by Crippen LogP contribution is -2.43. The second-order valence-corrected chi connectivity index (χ2v) is 7.75. The number of nitrogens with zero attached hydrogens (tertiary/aromatic N) is 2. The number of thiophene rings is 1. The summed E-state index contributed by atoms with van der Waals surface area (Å²) in [6.45, 7) is 5.66. The number of amides is 2. The average Bonchev–Trinajstić information content (AvgIpc) is 3.19. The van der Waals surface area contributed by atoms with Crippen LogP contribution in [-0.4, -0.2) is 60.4 Å². The highest BCUT2D eigenvalue weighted by atomic mass is 32.1. The average molecular weight is 364 g/mol. The van der Waals surface area contributed by atoms with Crippen molar-refractivity contribution in [2.24, 2.45) is 11.3 Å². The molecular formula is C18H24N2O4S. The van der Waals surface area contributed by atoms with Crippen molar-refractivity contribution < 1.29 is 19.1 Å². The van der Waals surface area contributed by atoms with Crippen LogP contribution in [-0.2, 0) is 14.3 Å². The number of hydrogen-bond acceptors (Lipinski definition) is 5. The molecule has 2 aliphatic rings. The zero-order valence-corrected chi connectivity index (χ0v) is 15.5. The quantitative estimate of drug-likeness (QED) is 0.770. The second kappa shape index (κ2) is 7.15. The molecule has 0 spiro atoms. The number of fused-ring (bicyclic) bond motifs is 1. The lowest BCUT2D eigenvalue weighted by molar-refractivity contribution is -0.157. The molecule has 2 saturated heterocycles. The Labute approximate surface area is 151 Å². The minimum atomic E-state index is -0.688. The van der Waals surface area contributed by atoms with E-state index in [0.717, 1.165) is 6.42 Å². The van der Waals surface area contributed by atoms with Gasteiger partial charge < -0.3 is 14.5 Å². The molecule has 0 bridgehead atoms. The molecule has 6 nitrogen and oxygen atoms in total. The van der Waals surface area contributed by atoms with Crippen molar-refractivity contribution in [3.63, 3.8) is 0 Å². The number of likely N-dealkylation sites (tertiary alicyclic amines) is 2. The largest absolute Gasteiger partial charge is 0.466 e. The van der Waals surface area contributed by atoms with Crippen LogP contribution in [0.15, 0.2) is 17.5 Å². The molecule has 7 heteroatoms. The zero-order valence-electron chi connectivity index (χ0n) is 14.7. The second-order valence-electron chi connectivity index (χ2n) is 6.81. The third kappa shape index (κ3) is 3.29. The Kier molecular flexibility index (Phi) is 5.13. The van der Waals surface area contributed by atoms with Crippen molar-refractivity contribution >= 4 is 29.1 Å². The lowest BCUT2D eigenvalue weighted by Gasteiger charge is -2.31. The van der Waals surface area contributed by atoms with Crippen molar-refractivity contribution in [2.45, 2.75) is 26.7 Å². The van der Waals surface area contributed by atoms with E-state index in [2.05, 4.69) is 0 Å². The summed E-state index contributed by atoms with van der Waals surface area (Å²) < 4.78 is 5.36. The maximum absolute atomic E-state index is 12.8. The summed E-state index contributed by atoms with van der Waals surface area (Å²) in [5.41, 5.74) is -0.688. The van der Waals surface area contributed by atoms with E-state index >= 15 is 0 Å². The number of hydrogen-bond donors (Lipinski definition) is 0. The van der Waals surface area contributed by atoms with E-state index in [1.807, 2.05) is 22.4 Å². The topological polar surface area (TPSA) is 66.9 Å². The number of carbonyl (C=O) groups excluding carboxylic acids is 3. The summed E-state index contributed by atoms with van der Waals surface area (Å²) in [6.07, 6.45) is 1.38. The highest BCUT2D eigenvalue weighted by molar-refractivity contribution is 7.12. The van der Waals surface area contributed by atoms with Crippen LogP contribution in [0.4, 0.5) is 0 Å². The molecule has 1 aromatic heterocycles. The Morgan fingerprint density at radius 2 is 2.08 bits per heavy atom. The molecule has 3 heterocycles. The Morgan fingerprint density at radius 1 is 1.32 bits per heavy atom. The molecule has 3 rings (SSSR count). The molecule has 2 aliphatic heterocycles. The molecule has 2 atom stereocenters. The van der Waals surface area contributed by atoms with Gasteiger partial charge in [-0.3, -0.25) is 14.4 Å². The highest BCUT2D eigenvalue weighted by Gasteiger charge is 2.55. The van der Waals surface area contributed by atoms with Crippen LogP contribution in [0.3, 0.4) is 0 Å². The molecule has 2 amide bonds. The van der Waals surface area contributed by atoms with E-state index in [4.69, 9.17) is 4.74 Å². The standard InChI is InChI=1S/C18H24N2O4S/c1-3-24-17(23)18-7-5-8-19(16(22)15-6-4-9-25-15)10-14(18)11-20(12-18)13(2)21/h4,6,9,14H,3,5,7-8,10-12H2,1-2H3/t14-,18-/m1/s1. The molecule has 25 heavy (non-hydrogen) atoms. The molecule has 0 N–H and O–H groups in total. The Hall–Kier alpha value is -1.89. The minimum Gasteiger partial charge on any atom is -0.466 e. The van der Waals surface area contributed by atoms with E-state index in [1.165, 1.54) is 18.3 Å². The third-order valence-corrected chi connectivity index (χ3v) is 6.19. The van der Waals surface area contributed by atoms with Crippen LogP contribution < -0.4 is 0 Å². The molecular weight excluding hydrogens is 340 g/mol. The molecule has 2 fully saturated rings. The molecule has 0 unspecified atom stereocenters. The van der Waals surface area contributed by atoms with Crippen LogP contribution >= 0.6 is 11.3 Å². The van der Waals surface area contributed by atoms with Gasteiger partial charge in [-0.25, -0.2) is 0 Å². The van der Waals surface area contributed by atoms with Crippen molar-refractivity contribution in [2.75, 3.05) is 32.8 Å². The van der Waals surface area contributed by atoms with Gasteiger partial charge in [0.05, 0.1) is 16.9 Å². The van der Waals surface area contributed by atoms with Gasteiger partial charge in [0, 0.05) is 39.0 Å². The first-order valence-electron chi connectivity index (χ1n) is 8.73. The molecule has 0 saturated carbocycles. The van der Waals surface area contributed by atoms with Crippen molar-refractivity contribution in [3.05, 3.63) is 22.4 Å². The predicted octanol–water partition coefficient (Wildman–Crippen LogP) is 2.01. The molecule has 136 valence electrons. The van der Waals surface area contributed by atoms with E-state index < -0.39 is 5.41 Å². The van der Waals surface area contributed by atoms with Gasteiger partial charge in [0.25, 0.3) is 5.91 Å². The van der Waals surface area contributed by atoms with Gasteiger partial charge >= 0.3 is 5.97 Å². The van der Waals surface area contributed by atoms with E-state index in [-0.39, 0.29) is 23.7 Å². The first-order valence-corrected chi connectivity index (χ1v) is 9.61. The van der Waals surface area contributed by atoms with Crippen LogP contribution in [0, 0.1) is 11.3 Å². The smallest absolute Gasteiger partial charge is 0.314 e. The number of carbonyl (C=O) groups is 3. The van der Waals surface area contributed by atoms with E-state index in [0.29, 0.717) is 44.1 Å². The monoisotopic (exact) mass is 364 g/mol. The van der Waals surface area contributed by atoms with Gasteiger partial charge in [0.2, 0.25) is 5.91 Å². The molecule has 0 aromatic carbocycles. The van der Waals surface area contributed by atoms with Crippen LogP contribution in [0.5, 0.6) is 0 Å². The van der Waals surface area contributed by atoms with Gasteiger partial charge in [0.1, 0.15) is 0 Å². The van der Waals surface area contributed by atoms with E-state index in [1.54, 1.807) is 11.8 Å². The first-order chi connectivity index (χ1) is 12.0. The summed E-state index contributed by atoms with van der Waals surface area (Å²) >= 11 is 1.43. The Morgan fingerprint density at radius 3 is 2.72 bits per heavy atom. The summed E-state index contributed by atoms with van der Waals surface area (Å²) in [5, 5.41) is 1.89. The van der Waals surface area contributed by atoms with Crippen LogP contribution in [0.25, 0.3) is 0 Å². The minimum absolute atomic E-state index is 0.0101. The van der Waals surface area contributed by atoms with Gasteiger partial charge in [-0.1, -0.05) is 6.07 Å². The van der Waals surface area contributed by atoms with Gasteiger partial charge in [-0.05, 0) is 31.2 Å². The SMILES string of the molecule is CCOC(=O)[C@@]12CCCN(C(=O)c3cccs3)C[C@@H]1CN(C(C)=O)C2. The third-order valence-electron chi connectivity index (χ3n) is 5.33. The summed E-state index contributed by atoms with van der Waals surface area (Å²) in [6, 6.07) is 3.69. The molecule has 0 aliphatic carbocycles. The van der Waals surface area contributed by atoms with Gasteiger partial charge in [-0.15, -0.1) is 11.3 Å². The van der Waals surface area contributed by atoms with Gasteiger partial charge in [0.15, 0.2) is 0 Å². The lowest BCUT2D eigenvalue weighted by atomic mass is 9.75. The molecule has 1 aromatic rings. The Balaban J connectivity index is 1.86. The van der Waals surface area contributed by atoms with Crippen molar-refractivity contribution in [1.82, 2.24) is 9.80 Å². The summed E-state index contributed by atoms with van der Waals surface area (Å²) in [4.78, 5) is 41.7. The van der Waals surface area contributed by atoms with Crippen molar-refractivity contribution in [1.29, 1.82) is 0 Å². The fourth-order valence-corrected chi connectivity index (χ4v) is 4.71. The van der Waals surface area contributed by atoms with Crippen LogP contribution in [0.2, 0.25) is 0 Å². The molecule has 0 radical (unpaired) electrons. The summed E-state index contributed by atoms with van der Waals surface area (Å²) in [7, 11) is 0.